The summed E-state index contributed by atoms with van der Waals surface area (Å²) >= 11 is 1.47. The van der Waals surface area contributed by atoms with Crippen LogP contribution in [0.15, 0.2) is 45.7 Å². The maximum atomic E-state index is 10.7. The molecule has 0 N–H and O–H groups in total. The van der Waals surface area contributed by atoms with Gasteiger partial charge >= 0.3 is 0 Å². The predicted molar refractivity (Wildman–Crippen MR) is 91.1 cm³/mol. The number of thiophene rings is 1. The Bertz CT molecular complexity index is 641. The monoisotopic (exact) mass is 298 g/mol. The molecule has 0 aliphatic rings. The predicted octanol–water partition coefficient (Wildman–Crippen LogP) is 4.45. The molecule has 0 aliphatic heterocycles. The quantitative estimate of drug-likeness (QED) is 0.441. The van der Waals surface area contributed by atoms with E-state index in [1.807, 2.05) is 24.6 Å². The zero-order valence-electron chi connectivity index (χ0n) is 12.2. The van der Waals surface area contributed by atoms with Crippen LogP contribution < -0.4 is 0 Å². The van der Waals surface area contributed by atoms with Gasteiger partial charge < -0.3 is 0 Å². The molecule has 1 aromatic carbocycles. The summed E-state index contributed by atoms with van der Waals surface area (Å²) in [6, 6.07) is 10.3. The molecule has 4 heteroatoms. The lowest BCUT2D eigenvalue weighted by Gasteiger charge is -2.06. The molecule has 0 aliphatic carbocycles. The van der Waals surface area contributed by atoms with Crippen molar-refractivity contribution in [1.29, 1.82) is 0 Å². The van der Waals surface area contributed by atoms with Gasteiger partial charge in [0.2, 0.25) is 0 Å². The SMILES string of the molecule is CCN=CN=CC(C)c1ccc(-c2csc(C=O)c2)cc1. The van der Waals surface area contributed by atoms with Gasteiger partial charge in [-0.1, -0.05) is 31.2 Å². The lowest BCUT2D eigenvalue weighted by molar-refractivity contribution is 0.112. The lowest BCUT2D eigenvalue weighted by atomic mass is 9.99. The Morgan fingerprint density at radius 3 is 2.62 bits per heavy atom. The van der Waals surface area contributed by atoms with Crippen LogP contribution in [-0.4, -0.2) is 25.4 Å². The third-order valence-electron chi connectivity index (χ3n) is 3.15. The molecule has 1 heterocycles. The van der Waals surface area contributed by atoms with E-state index in [2.05, 4.69) is 41.2 Å². The summed E-state index contributed by atoms with van der Waals surface area (Å²) < 4.78 is 0. The van der Waals surface area contributed by atoms with E-state index in [-0.39, 0.29) is 5.92 Å². The first-order chi connectivity index (χ1) is 10.2. The molecule has 3 nitrogen and oxygen atoms in total. The highest BCUT2D eigenvalue weighted by atomic mass is 32.1. The smallest absolute Gasteiger partial charge is 0.160 e. The molecule has 2 aromatic rings. The molecule has 1 aromatic heterocycles. The Balaban J connectivity index is 2.09. The number of carbonyl (C=O) groups excluding carboxylic acids is 1. The van der Waals surface area contributed by atoms with E-state index in [1.54, 1.807) is 6.34 Å². The molecule has 1 atom stereocenters. The van der Waals surface area contributed by atoms with Crippen molar-refractivity contribution in [1.82, 2.24) is 0 Å². The molecule has 21 heavy (non-hydrogen) atoms. The summed E-state index contributed by atoms with van der Waals surface area (Å²) in [4.78, 5) is 19.7. The summed E-state index contributed by atoms with van der Waals surface area (Å²) in [6.45, 7) is 4.84. The molecule has 0 bridgehead atoms. The second-order valence-electron chi connectivity index (χ2n) is 4.68. The zero-order chi connectivity index (χ0) is 15.1. The zero-order valence-corrected chi connectivity index (χ0v) is 13.0. The highest BCUT2D eigenvalue weighted by Gasteiger charge is 2.05. The molecule has 1 unspecified atom stereocenters. The molecule has 0 saturated carbocycles. The minimum absolute atomic E-state index is 0.246. The van der Waals surface area contributed by atoms with Crippen molar-refractivity contribution < 1.29 is 4.79 Å². The Morgan fingerprint density at radius 2 is 2.00 bits per heavy atom. The molecule has 0 radical (unpaired) electrons. The van der Waals surface area contributed by atoms with Gasteiger partial charge in [-0.15, -0.1) is 11.3 Å². The van der Waals surface area contributed by atoms with Crippen LogP contribution in [0.5, 0.6) is 0 Å². The van der Waals surface area contributed by atoms with Crippen LogP contribution in [-0.2, 0) is 0 Å². The largest absolute Gasteiger partial charge is 0.297 e. The Labute approximate surface area is 129 Å². The first-order valence-corrected chi connectivity index (χ1v) is 7.78. The van der Waals surface area contributed by atoms with E-state index in [9.17, 15) is 4.79 Å². The fraction of sp³-hybridized carbons (Fsp3) is 0.235. The number of hydrogen-bond donors (Lipinski definition) is 0. The van der Waals surface area contributed by atoms with E-state index in [4.69, 9.17) is 0 Å². The minimum Gasteiger partial charge on any atom is -0.297 e. The summed E-state index contributed by atoms with van der Waals surface area (Å²) in [6.07, 6.45) is 4.37. The first kappa shape index (κ1) is 15.3. The van der Waals surface area contributed by atoms with Crippen LogP contribution in [0.25, 0.3) is 11.1 Å². The van der Waals surface area contributed by atoms with Crippen molar-refractivity contribution in [2.45, 2.75) is 19.8 Å². The summed E-state index contributed by atoms with van der Waals surface area (Å²) in [7, 11) is 0. The Kier molecular flexibility index (Phi) is 5.58. The van der Waals surface area contributed by atoms with Crippen molar-refractivity contribution in [3.8, 4) is 11.1 Å². The third-order valence-corrected chi connectivity index (χ3v) is 4.00. The van der Waals surface area contributed by atoms with Crippen molar-refractivity contribution >= 4 is 30.2 Å². The van der Waals surface area contributed by atoms with Gasteiger partial charge in [-0.3, -0.25) is 9.79 Å². The van der Waals surface area contributed by atoms with E-state index in [0.717, 1.165) is 28.8 Å². The summed E-state index contributed by atoms with van der Waals surface area (Å²) in [5.41, 5.74) is 3.42. The average molecular weight is 298 g/mol. The van der Waals surface area contributed by atoms with Gasteiger partial charge in [0.15, 0.2) is 6.29 Å². The van der Waals surface area contributed by atoms with Crippen molar-refractivity contribution in [3.63, 3.8) is 0 Å². The standard InChI is InChI=1S/C17H18N2OS/c1-3-18-12-19-9-13(2)14-4-6-15(7-5-14)16-8-17(10-20)21-11-16/h4-13H,3H2,1-2H3. The van der Waals surface area contributed by atoms with Crippen LogP contribution in [0, 0.1) is 0 Å². The molecule has 0 spiro atoms. The van der Waals surface area contributed by atoms with Crippen molar-refractivity contribution in [3.05, 3.63) is 46.2 Å². The summed E-state index contributed by atoms with van der Waals surface area (Å²) in [5.74, 6) is 0.246. The minimum atomic E-state index is 0.246. The fourth-order valence-electron chi connectivity index (χ4n) is 1.93. The van der Waals surface area contributed by atoms with Gasteiger partial charge in [-0.05, 0) is 35.1 Å². The molecule has 0 fully saturated rings. The first-order valence-electron chi connectivity index (χ1n) is 6.90. The second-order valence-corrected chi connectivity index (χ2v) is 5.62. The molecule has 2 rings (SSSR count). The van der Waals surface area contributed by atoms with Crippen LogP contribution in [0.4, 0.5) is 0 Å². The fourth-order valence-corrected chi connectivity index (χ4v) is 2.65. The van der Waals surface area contributed by atoms with Gasteiger partial charge in [-0.25, -0.2) is 4.99 Å². The number of carbonyl (C=O) groups is 1. The topological polar surface area (TPSA) is 41.8 Å². The highest BCUT2D eigenvalue weighted by molar-refractivity contribution is 7.12. The number of aldehydes is 1. The van der Waals surface area contributed by atoms with E-state index in [0.29, 0.717) is 0 Å². The van der Waals surface area contributed by atoms with E-state index < -0.39 is 0 Å². The van der Waals surface area contributed by atoms with E-state index >= 15 is 0 Å². The number of benzene rings is 1. The number of nitrogens with zero attached hydrogens (tertiary/aromatic N) is 2. The van der Waals surface area contributed by atoms with Gasteiger partial charge in [-0.2, -0.15) is 0 Å². The van der Waals surface area contributed by atoms with E-state index in [1.165, 1.54) is 16.9 Å². The maximum absolute atomic E-state index is 10.7. The molecular formula is C17H18N2OS. The molecular weight excluding hydrogens is 280 g/mol. The third kappa shape index (κ3) is 4.20. The Hall–Kier alpha value is -2.07. The van der Waals surface area contributed by atoms with Crippen molar-refractivity contribution in [2.75, 3.05) is 6.54 Å². The van der Waals surface area contributed by atoms with Crippen LogP contribution in [0.3, 0.4) is 0 Å². The van der Waals surface area contributed by atoms with Crippen LogP contribution in [0.2, 0.25) is 0 Å². The Morgan fingerprint density at radius 1 is 1.24 bits per heavy atom. The number of aliphatic imine (C=N–C) groups is 2. The van der Waals surface area contributed by atoms with Gasteiger partial charge in [0.25, 0.3) is 0 Å². The second kappa shape index (κ2) is 7.64. The van der Waals surface area contributed by atoms with Gasteiger partial charge in [0.05, 0.1) is 4.88 Å². The van der Waals surface area contributed by atoms with Crippen LogP contribution >= 0.6 is 11.3 Å². The number of rotatable bonds is 6. The average Bonchev–Trinajstić information content (AvgIpc) is 3.00. The number of hydrogen-bond acceptors (Lipinski definition) is 3. The highest BCUT2D eigenvalue weighted by Crippen LogP contribution is 2.26. The lowest BCUT2D eigenvalue weighted by Crippen LogP contribution is -1.94. The maximum Gasteiger partial charge on any atom is 0.160 e. The summed E-state index contributed by atoms with van der Waals surface area (Å²) in [5, 5.41) is 2.00. The molecule has 0 saturated heterocycles. The molecule has 0 amide bonds. The normalized spacial score (nSPS) is 13.0. The van der Waals surface area contributed by atoms with Crippen LogP contribution in [0.1, 0.15) is 35.0 Å². The van der Waals surface area contributed by atoms with Crippen molar-refractivity contribution in [2.24, 2.45) is 9.98 Å². The van der Waals surface area contributed by atoms with Gasteiger partial charge in [0, 0.05) is 18.7 Å². The van der Waals surface area contributed by atoms with Gasteiger partial charge in [0.1, 0.15) is 6.34 Å². The molecule has 108 valence electrons.